The summed E-state index contributed by atoms with van der Waals surface area (Å²) in [5, 5.41) is 40.1. The SMILES string of the molecule is CC(=O)CN[C@@H]1C(O)O[C@H](CO)[C@@H](O)[C@@H]1O. The van der Waals surface area contributed by atoms with Crippen LogP contribution in [0.2, 0.25) is 0 Å². The summed E-state index contributed by atoms with van der Waals surface area (Å²) in [5.41, 5.74) is 0. The molecule has 7 heteroatoms. The van der Waals surface area contributed by atoms with Crippen molar-refractivity contribution in [1.82, 2.24) is 5.32 Å². The fourth-order valence-electron chi connectivity index (χ4n) is 1.58. The van der Waals surface area contributed by atoms with E-state index in [1.165, 1.54) is 6.92 Å². The molecule has 0 aromatic heterocycles. The topological polar surface area (TPSA) is 119 Å². The van der Waals surface area contributed by atoms with Crippen LogP contribution in [0.3, 0.4) is 0 Å². The maximum absolute atomic E-state index is 10.7. The molecule has 5 atom stereocenters. The zero-order valence-corrected chi connectivity index (χ0v) is 8.91. The van der Waals surface area contributed by atoms with Gasteiger partial charge in [0.15, 0.2) is 6.29 Å². The molecule has 16 heavy (non-hydrogen) atoms. The van der Waals surface area contributed by atoms with Gasteiger partial charge >= 0.3 is 0 Å². The zero-order chi connectivity index (χ0) is 12.3. The molecule has 1 unspecified atom stereocenters. The van der Waals surface area contributed by atoms with Crippen molar-refractivity contribution < 1.29 is 30.0 Å². The first-order valence-electron chi connectivity index (χ1n) is 5.00. The second kappa shape index (κ2) is 5.67. The van der Waals surface area contributed by atoms with Crippen molar-refractivity contribution in [3.63, 3.8) is 0 Å². The van der Waals surface area contributed by atoms with Crippen LogP contribution in [0.5, 0.6) is 0 Å². The minimum absolute atomic E-state index is 0.0430. The normalized spacial score (nSPS) is 39.7. The van der Waals surface area contributed by atoms with Crippen molar-refractivity contribution >= 4 is 5.78 Å². The maximum Gasteiger partial charge on any atom is 0.173 e. The van der Waals surface area contributed by atoms with Crippen LogP contribution in [0.1, 0.15) is 6.92 Å². The lowest BCUT2D eigenvalue weighted by molar-refractivity contribution is -0.254. The van der Waals surface area contributed by atoms with E-state index in [4.69, 9.17) is 9.84 Å². The largest absolute Gasteiger partial charge is 0.394 e. The number of aliphatic hydroxyl groups excluding tert-OH is 4. The number of ketones is 1. The van der Waals surface area contributed by atoms with Crippen LogP contribution in [0.15, 0.2) is 0 Å². The summed E-state index contributed by atoms with van der Waals surface area (Å²) in [5.74, 6) is -0.168. The van der Waals surface area contributed by atoms with E-state index in [1.54, 1.807) is 0 Å². The Hall–Kier alpha value is -0.570. The fourth-order valence-corrected chi connectivity index (χ4v) is 1.58. The number of ether oxygens (including phenoxy) is 1. The van der Waals surface area contributed by atoms with E-state index >= 15 is 0 Å². The average Bonchev–Trinajstić information content (AvgIpc) is 2.22. The Morgan fingerprint density at radius 3 is 2.44 bits per heavy atom. The highest BCUT2D eigenvalue weighted by atomic mass is 16.6. The van der Waals surface area contributed by atoms with Crippen LogP contribution in [0, 0.1) is 0 Å². The van der Waals surface area contributed by atoms with Gasteiger partial charge in [0.25, 0.3) is 0 Å². The van der Waals surface area contributed by atoms with Crippen molar-refractivity contribution in [2.24, 2.45) is 0 Å². The molecule has 5 N–H and O–H groups in total. The van der Waals surface area contributed by atoms with E-state index in [2.05, 4.69) is 5.32 Å². The number of carbonyl (C=O) groups is 1. The Balaban J connectivity index is 2.60. The molecular weight excluding hydrogens is 218 g/mol. The predicted molar refractivity (Wildman–Crippen MR) is 52.5 cm³/mol. The van der Waals surface area contributed by atoms with E-state index in [-0.39, 0.29) is 12.3 Å². The van der Waals surface area contributed by atoms with E-state index < -0.39 is 37.3 Å². The number of aliphatic hydroxyl groups is 4. The van der Waals surface area contributed by atoms with Crippen molar-refractivity contribution in [1.29, 1.82) is 0 Å². The summed E-state index contributed by atoms with van der Waals surface area (Å²) in [7, 11) is 0. The number of hydrogen-bond donors (Lipinski definition) is 5. The third-order valence-electron chi connectivity index (χ3n) is 2.49. The van der Waals surface area contributed by atoms with Crippen molar-refractivity contribution in [3.8, 4) is 0 Å². The lowest BCUT2D eigenvalue weighted by atomic mass is 9.97. The number of rotatable bonds is 4. The monoisotopic (exact) mass is 235 g/mol. The molecule has 94 valence electrons. The van der Waals surface area contributed by atoms with Gasteiger partial charge in [-0.3, -0.25) is 4.79 Å². The second-order valence-electron chi connectivity index (χ2n) is 3.84. The summed E-state index contributed by atoms with van der Waals surface area (Å²) < 4.78 is 4.88. The molecule has 1 saturated heterocycles. The van der Waals surface area contributed by atoms with Crippen molar-refractivity contribution in [2.75, 3.05) is 13.2 Å². The molecule has 1 aliphatic rings. The van der Waals surface area contributed by atoms with Gasteiger partial charge in [-0.2, -0.15) is 0 Å². The Morgan fingerprint density at radius 2 is 1.94 bits per heavy atom. The van der Waals surface area contributed by atoms with Crippen LogP contribution in [0.4, 0.5) is 0 Å². The highest BCUT2D eigenvalue weighted by Gasteiger charge is 2.43. The van der Waals surface area contributed by atoms with Gasteiger partial charge in [0.05, 0.1) is 19.2 Å². The summed E-state index contributed by atoms with van der Waals surface area (Å²) >= 11 is 0. The Kier molecular flexibility index (Phi) is 4.78. The standard InChI is InChI=1S/C9H17NO6/c1-4(12)2-10-6-8(14)7(13)5(3-11)16-9(6)15/h5-11,13-15H,2-3H2,1H3/t5-,6+,7-,8-,9?/m1/s1. The first kappa shape index (κ1) is 13.5. The predicted octanol–water partition coefficient (Wildman–Crippen LogP) is -3.04. The molecule has 0 bridgehead atoms. The fraction of sp³-hybridized carbons (Fsp3) is 0.889. The molecule has 0 radical (unpaired) electrons. The van der Waals surface area contributed by atoms with Crippen molar-refractivity contribution in [2.45, 2.75) is 37.6 Å². The van der Waals surface area contributed by atoms with Crippen LogP contribution in [0.25, 0.3) is 0 Å². The second-order valence-corrected chi connectivity index (χ2v) is 3.84. The Morgan fingerprint density at radius 1 is 1.31 bits per heavy atom. The maximum atomic E-state index is 10.7. The molecule has 0 aromatic rings. The van der Waals surface area contributed by atoms with Gasteiger partial charge in [0.1, 0.15) is 24.1 Å². The Bertz CT molecular complexity index is 248. The average molecular weight is 235 g/mol. The number of hydrogen-bond acceptors (Lipinski definition) is 7. The summed E-state index contributed by atoms with van der Waals surface area (Å²) in [6.45, 7) is 0.801. The van der Waals surface area contributed by atoms with Crippen LogP contribution in [-0.2, 0) is 9.53 Å². The molecular formula is C9H17NO6. The molecule has 1 rings (SSSR count). The molecule has 0 aliphatic carbocycles. The summed E-state index contributed by atoms with van der Waals surface area (Å²) in [4.78, 5) is 10.7. The van der Waals surface area contributed by atoms with E-state index in [9.17, 15) is 20.1 Å². The highest BCUT2D eigenvalue weighted by Crippen LogP contribution is 2.19. The summed E-state index contributed by atoms with van der Waals surface area (Å²) in [6.07, 6.45) is -5.02. The quantitative estimate of drug-likeness (QED) is 0.351. The lowest BCUT2D eigenvalue weighted by Gasteiger charge is -2.40. The van der Waals surface area contributed by atoms with Crippen LogP contribution >= 0.6 is 0 Å². The molecule has 0 spiro atoms. The molecule has 1 aliphatic heterocycles. The summed E-state index contributed by atoms with van der Waals surface area (Å²) in [6, 6.07) is -0.957. The molecule has 0 aromatic carbocycles. The number of carbonyl (C=O) groups excluding carboxylic acids is 1. The van der Waals surface area contributed by atoms with E-state index in [0.717, 1.165) is 0 Å². The minimum Gasteiger partial charge on any atom is -0.394 e. The minimum atomic E-state index is -1.38. The zero-order valence-electron chi connectivity index (χ0n) is 8.91. The first-order valence-corrected chi connectivity index (χ1v) is 5.00. The van der Waals surface area contributed by atoms with Gasteiger partial charge in [-0.1, -0.05) is 0 Å². The van der Waals surface area contributed by atoms with Gasteiger partial charge in [0, 0.05) is 0 Å². The van der Waals surface area contributed by atoms with E-state index in [0.29, 0.717) is 0 Å². The smallest absolute Gasteiger partial charge is 0.173 e. The molecule has 0 amide bonds. The molecule has 7 nitrogen and oxygen atoms in total. The first-order chi connectivity index (χ1) is 7.47. The van der Waals surface area contributed by atoms with Crippen molar-refractivity contribution in [3.05, 3.63) is 0 Å². The van der Waals surface area contributed by atoms with Gasteiger partial charge in [-0.15, -0.1) is 0 Å². The van der Waals surface area contributed by atoms with Crippen LogP contribution < -0.4 is 5.32 Å². The van der Waals surface area contributed by atoms with Gasteiger partial charge in [-0.25, -0.2) is 0 Å². The lowest BCUT2D eigenvalue weighted by Crippen LogP contribution is -2.63. The molecule has 1 fully saturated rings. The van der Waals surface area contributed by atoms with Gasteiger partial charge in [-0.05, 0) is 6.92 Å². The third-order valence-corrected chi connectivity index (χ3v) is 2.49. The number of nitrogens with one attached hydrogen (secondary N) is 1. The highest BCUT2D eigenvalue weighted by molar-refractivity contribution is 5.77. The van der Waals surface area contributed by atoms with Crippen LogP contribution in [-0.4, -0.2) is 70.0 Å². The van der Waals surface area contributed by atoms with Gasteiger partial charge in [0.2, 0.25) is 0 Å². The van der Waals surface area contributed by atoms with Gasteiger partial charge < -0.3 is 30.5 Å². The third kappa shape index (κ3) is 2.97. The number of Topliss-reactive ketones (excluding diaryl/α,β-unsaturated/α-hetero) is 1. The molecule has 0 saturated carbocycles. The Labute approximate surface area is 92.7 Å². The molecule has 1 heterocycles. The van der Waals surface area contributed by atoms with E-state index in [1.807, 2.05) is 0 Å².